The van der Waals surface area contributed by atoms with E-state index in [1.807, 2.05) is 0 Å². The van der Waals surface area contributed by atoms with E-state index in [2.05, 4.69) is 30.7 Å². The number of hydrogen-bond donors (Lipinski definition) is 1. The Bertz CT molecular complexity index is 518. The number of rotatable bonds is 4. The summed E-state index contributed by atoms with van der Waals surface area (Å²) >= 11 is 5.02. The summed E-state index contributed by atoms with van der Waals surface area (Å²) in [5.41, 5.74) is 0. The molecule has 0 spiro atoms. The number of nitrogens with zero attached hydrogens (tertiary/aromatic N) is 2. The van der Waals surface area contributed by atoms with Crippen molar-refractivity contribution in [2.45, 2.75) is 39.2 Å². The Morgan fingerprint density at radius 1 is 1.41 bits per heavy atom. The predicted molar refractivity (Wildman–Crippen MR) is 90.6 cm³/mol. The average Bonchev–Trinajstić information content (AvgIpc) is 2.47. The van der Waals surface area contributed by atoms with E-state index in [1.165, 1.54) is 17.5 Å². The second kappa shape index (κ2) is 7.13. The minimum atomic E-state index is -0.893. The molecule has 4 atom stereocenters. The molecule has 5 nitrogen and oxygen atoms in total. The minimum Gasteiger partial charge on any atom is -0.302 e. The van der Waals surface area contributed by atoms with Gasteiger partial charge >= 0.3 is 0 Å². The highest BCUT2D eigenvalue weighted by Crippen LogP contribution is 2.31. The molecular formula is C16H23N3O2S. The number of nitrogens with one attached hydrogen (secondary N) is 1. The highest BCUT2D eigenvalue weighted by molar-refractivity contribution is 7.80. The largest absolute Gasteiger partial charge is 0.302 e. The van der Waals surface area contributed by atoms with Crippen LogP contribution in [0.2, 0.25) is 0 Å². The van der Waals surface area contributed by atoms with E-state index in [9.17, 15) is 9.59 Å². The Kier molecular flexibility index (Phi) is 5.45. The van der Waals surface area contributed by atoms with Crippen LogP contribution < -0.4 is 5.32 Å². The highest BCUT2D eigenvalue weighted by Gasteiger charge is 2.37. The van der Waals surface area contributed by atoms with E-state index in [0.29, 0.717) is 18.4 Å². The van der Waals surface area contributed by atoms with Crippen LogP contribution in [0.3, 0.4) is 0 Å². The first-order valence-electron chi connectivity index (χ1n) is 7.76. The van der Waals surface area contributed by atoms with Crippen molar-refractivity contribution in [2.75, 3.05) is 6.54 Å². The molecule has 0 bridgehead atoms. The lowest BCUT2D eigenvalue weighted by Crippen LogP contribution is -2.58. The lowest BCUT2D eigenvalue weighted by atomic mass is 9.78. The smallest absolute Gasteiger partial charge is 0.247 e. The van der Waals surface area contributed by atoms with Gasteiger partial charge in [0.25, 0.3) is 0 Å². The summed E-state index contributed by atoms with van der Waals surface area (Å²) in [6.45, 7) is 8.32. The Morgan fingerprint density at radius 2 is 2.14 bits per heavy atom. The standard InChI is InChI=1S/C16H23N3O2S/c1-4-8-19-15(21)12(14(20)18-16(19)22)9-17-13-7-5-6-10(2)11(13)3/h4,9-13H,1,5-8H2,2-3H3,(H,18,20,22)/t10-,11-,12?,13-/m1/s1. The zero-order chi connectivity index (χ0) is 16.3. The molecule has 2 rings (SSSR count). The number of carbonyl (C=O) groups excluding carboxylic acids is 2. The van der Waals surface area contributed by atoms with E-state index in [-0.39, 0.29) is 17.1 Å². The summed E-state index contributed by atoms with van der Waals surface area (Å²) in [6.07, 6.45) is 6.47. The molecule has 1 unspecified atom stereocenters. The maximum Gasteiger partial charge on any atom is 0.247 e. The molecule has 0 aromatic carbocycles. The van der Waals surface area contributed by atoms with E-state index < -0.39 is 11.8 Å². The van der Waals surface area contributed by atoms with Gasteiger partial charge in [-0.25, -0.2) is 0 Å². The van der Waals surface area contributed by atoms with Crippen LogP contribution in [-0.2, 0) is 9.59 Å². The second-order valence-corrected chi connectivity index (χ2v) is 6.53. The third kappa shape index (κ3) is 3.43. The summed E-state index contributed by atoms with van der Waals surface area (Å²) in [4.78, 5) is 30.3. The molecule has 1 aliphatic carbocycles. The zero-order valence-corrected chi connectivity index (χ0v) is 13.9. The number of carbonyl (C=O) groups is 2. The van der Waals surface area contributed by atoms with Crippen molar-refractivity contribution in [1.29, 1.82) is 0 Å². The Hall–Kier alpha value is -1.56. The Labute approximate surface area is 136 Å². The van der Waals surface area contributed by atoms with E-state index in [0.717, 1.165) is 12.8 Å². The lowest BCUT2D eigenvalue weighted by molar-refractivity contribution is -0.137. The van der Waals surface area contributed by atoms with Gasteiger partial charge in [-0.3, -0.25) is 19.5 Å². The molecule has 2 aliphatic rings. The van der Waals surface area contributed by atoms with Crippen molar-refractivity contribution in [3.8, 4) is 0 Å². The number of aliphatic imine (C=N–C) groups is 1. The van der Waals surface area contributed by atoms with Gasteiger partial charge in [0, 0.05) is 12.8 Å². The fraction of sp³-hybridized carbons (Fsp3) is 0.625. The van der Waals surface area contributed by atoms with Crippen LogP contribution in [-0.4, -0.2) is 40.6 Å². The second-order valence-electron chi connectivity index (χ2n) is 6.14. The molecule has 2 amide bonds. The first-order valence-corrected chi connectivity index (χ1v) is 8.17. The van der Waals surface area contributed by atoms with Crippen molar-refractivity contribution in [2.24, 2.45) is 22.7 Å². The zero-order valence-electron chi connectivity index (χ0n) is 13.1. The Balaban J connectivity index is 2.11. The molecule has 0 aromatic rings. The van der Waals surface area contributed by atoms with E-state index in [4.69, 9.17) is 12.2 Å². The SMILES string of the molecule is C=CCN1C(=O)C(C=N[C@@H]2CCC[C@@H](C)[C@H]2C)C(=O)NC1=S. The number of hydrogen-bond acceptors (Lipinski definition) is 4. The van der Waals surface area contributed by atoms with Crippen molar-refractivity contribution < 1.29 is 9.59 Å². The van der Waals surface area contributed by atoms with Gasteiger partial charge in [0.05, 0.1) is 6.04 Å². The first-order chi connectivity index (χ1) is 10.5. The number of thiocarbonyl (C=S) groups is 1. The molecular weight excluding hydrogens is 298 g/mol. The van der Waals surface area contributed by atoms with Crippen LogP contribution in [0.5, 0.6) is 0 Å². The molecule has 2 fully saturated rings. The van der Waals surface area contributed by atoms with Crippen LogP contribution in [0.1, 0.15) is 33.1 Å². The summed E-state index contributed by atoms with van der Waals surface area (Å²) in [5, 5.41) is 2.70. The van der Waals surface area contributed by atoms with Crippen molar-refractivity contribution in [3.05, 3.63) is 12.7 Å². The molecule has 1 saturated heterocycles. The lowest BCUT2D eigenvalue weighted by Gasteiger charge is -2.33. The van der Waals surface area contributed by atoms with Gasteiger partial charge in [-0.05, 0) is 30.5 Å². The van der Waals surface area contributed by atoms with Crippen molar-refractivity contribution in [1.82, 2.24) is 10.2 Å². The minimum absolute atomic E-state index is 0.138. The van der Waals surface area contributed by atoms with Gasteiger partial charge in [-0.15, -0.1) is 6.58 Å². The quantitative estimate of drug-likeness (QED) is 0.372. The molecule has 1 heterocycles. The maximum atomic E-state index is 12.4. The average molecular weight is 321 g/mol. The summed E-state index contributed by atoms with van der Waals surface area (Å²) in [6, 6.07) is 0.186. The van der Waals surface area contributed by atoms with Crippen LogP contribution in [0, 0.1) is 17.8 Å². The van der Waals surface area contributed by atoms with Crippen molar-refractivity contribution in [3.63, 3.8) is 0 Å². The number of amides is 2. The monoisotopic (exact) mass is 321 g/mol. The van der Waals surface area contributed by atoms with Gasteiger partial charge in [0.2, 0.25) is 11.8 Å². The summed E-state index contributed by atoms with van der Waals surface area (Å²) < 4.78 is 0. The van der Waals surface area contributed by atoms with Crippen LogP contribution >= 0.6 is 12.2 Å². The molecule has 1 N–H and O–H groups in total. The molecule has 120 valence electrons. The molecule has 22 heavy (non-hydrogen) atoms. The fourth-order valence-corrected chi connectivity index (χ4v) is 3.29. The van der Waals surface area contributed by atoms with Crippen LogP contribution in [0.4, 0.5) is 0 Å². The maximum absolute atomic E-state index is 12.4. The first kappa shape index (κ1) is 16.8. The topological polar surface area (TPSA) is 61.8 Å². The van der Waals surface area contributed by atoms with E-state index >= 15 is 0 Å². The van der Waals surface area contributed by atoms with Gasteiger partial charge in [0.15, 0.2) is 11.0 Å². The summed E-state index contributed by atoms with van der Waals surface area (Å²) in [7, 11) is 0. The fourth-order valence-electron chi connectivity index (χ4n) is 3.03. The van der Waals surface area contributed by atoms with Gasteiger partial charge in [-0.2, -0.15) is 0 Å². The highest BCUT2D eigenvalue weighted by atomic mass is 32.1. The van der Waals surface area contributed by atoms with Crippen molar-refractivity contribution >= 4 is 35.4 Å². The van der Waals surface area contributed by atoms with E-state index in [1.54, 1.807) is 6.08 Å². The van der Waals surface area contributed by atoms with Crippen LogP contribution in [0.25, 0.3) is 0 Å². The predicted octanol–water partition coefficient (Wildman–Crippen LogP) is 1.93. The molecule has 1 aliphatic heterocycles. The molecule has 0 radical (unpaired) electrons. The third-order valence-corrected chi connectivity index (χ3v) is 5.01. The normalized spacial score (nSPS) is 33.2. The third-order valence-electron chi connectivity index (χ3n) is 4.69. The molecule has 1 saturated carbocycles. The van der Waals surface area contributed by atoms with Gasteiger partial charge in [0.1, 0.15) is 0 Å². The molecule has 0 aromatic heterocycles. The summed E-state index contributed by atoms with van der Waals surface area (Å²) in [5.74, 6) is -0.519. The molecule has 6 heteroatoms. The van der Waals surface area contributed by atoms with Gasteiger partial charge < -0.3 is 5.32 Å². The van der Waals surface area contributed by atoms with Crippen LogP contribution in [0.15, 0.2) is 17.6 Å². The Morgan fingerprint density at radius 3 is 2.82 bits per heavy atom. The van der Waals surface area contributed by atoms with Gasteiger partial charge in [-0.1, -0.05) is 32.8 Å².